The van der Waals surface area contributed by atoms with Crippen molar-refractivity contribution in [3.8, 4) is 11.4 Å². The molecule has 0 bridgehead atoms. The SMILES string of the molecule is Cc1cccc(-c2noc(C3CCCN(C(=O)c4cccc(Cl)c4)C3)n2)c1. The van der Waals surface area contributed by atoms with E-state index in [1.165, 1.54) is 0 Å². The molecular formula is C21H20ClN3O2. The molecule has 1 atom stereocenters. The first-order chi connectivity index (χ1) is 13.1. The third-order valence-corrected chi connectivity index (χ3v) is 5.08. The lowest BCUT2D eigenvalue weighted by molar-refractivity contribution is 0.0695. The van der Waals surface area contributed by atoms with Crippen LogP contribution in [-0.4, -0.2) is 34.0 Å². The number of carbonyl (C=O) groups excluding carboxylic acids is 1. The van der Waals surface area contributed by atoms with Crippen LogP contribution in [0.5, 0.6) is 0 Å². The lowest BCUT2D eigenvalue weighted by Crippen LogP contribution is -2.39. The van der Waals surface area contributed by atoms with Crippen LogP contribution in [0.1, 0.15) is 40.6 Å². The molecule has 6 heteroatoms. The maximum Gasteiger partial charge on any atom is 0.253 e. The number of rotatable bonds is 3. The van der Waals surface area contributed by atoms with Crippen LogP contribution >= 0.6 is 11.6 Å². The summed E-state index contributed by atoms with van der Waals surface area (Å²) in [6.07, 6.45) is 1.83. The van der Waals surface area contributed by atoms with Gasteiger partial charge in [-0.2, -0.15) is 4.98 Å². The fourth-order valence-corrected chi connectivity index (χ4v) is 3.66. The van der Waals surface area contributed by atoms with Crippen LogP contribution in [0, 0.1) is 6.92 Å². The Morgan fingerprint density at radius 3 is 2.89 bits per heavy atom. The van der Waals surface area contributed by atoms with Gasteiger partial charge in [-0.1, -0.05) is 46.6 Å². The van der Waals surface area contributed by atoms with Gasteiger partial charge in [0.05, 0.1) is 5.92 Å². The summed E-state index contributed by atoms with van der Waals surface area (Å²) in [6.45, 7) is 3.33. The topological polar surface area (TPSA) is 59.2 Å². The summed E-state index contributed by atoms with van der Waals surface area (Å²) in [5.74, 6) is 1.22. The number of piperidine rings is 1. The zero-order valence-corrected chi connectivity index (χ0v) is 15.8. The van der Waals surface area contributed by atoms with Crippen molar-refractivity contribution in [2.45, 2.75) is 25.7 Å². The molecule has 2 heterocycles. The van der Waals surface area contributed by atoms with Gasteiger partial charge in [-0.05, 0) is 44.0 Å². The molecule has 1 aliphatic heterocycles. The first-order valence-corrected chi connectivity index (χ1v) is 9.43. The summed E-state index contributed by atoms with van der Waals surface area (Å²) in [5.41, 5.74) is 2.69. The van der Waals surface area contributed by atoms with Crippen LogP contribution in [0.25, 0.3) is 11.4 Å². The molecule has 1 aromatic heterocycles. The number of likely N-dealkylation sites (tertiary alicyclic amines) is 1. The number of aryl methyl sites for hydroxylation is 1. The molecule has 5 nitrogen and oxygen atoms in total. The highest BCUT2D eigenvalue weighted by Gasteiger charge is 2.29. The number of aromatic nitrogens is 2. The van der Waals surface area contributed by atoms with Gasteiger partial charge in [0, 0.05) is 29.2 Å². The van der Waals surface area contributed by atoms with E-state index in [0.29, 0.717) is 28.8 Å². The number of hydrogen-bond acceptors (Lipinski definition) is 4. The van der Waals surface area contributed by atoms with Gasteiger partial charge in [0.15, 0.2) is 0 Å². The molecule has 0 aliphatic carbocycles. The quantitative estimate of drug-likeness (QED) is 0.658. The van der Waals surface area contributed by atoms with Gasteiger partial charge in [-0.15, -0.1) is 0 Å². The molecule has 3 aromatic rings. The molecular weight excluding hydrogens is 362 g/mol. The van der Waals surface area contributed by atoms with Crippen LogP contribution < -0.4 is 0 Å². The highest BCUT2D eigenvalue weighted by Crippen LogP contribution is 2.28. The van der Waals surface area contributed by atoms with Crippen molar-refractivity contribution >= 4 is 17.5 Å². The zero-order chi connectivity index (χ0) is 18.8. The molecule has 27 heavy (non-hydrogen) atoms. The summed E-state index contributed by atoms with van der Waals surface area (Å²) in [7, 11) is 0. The Balaban J connectivity index is 1.51. The molecule has 1 amide bonds. The Morgan fingerprint density at radius 2 is 2.07 bits per heavy atom. The minimum absolute atomic E-state index is 0.0133. The maximum atomic E-state index is 12.8. The second kappa shape index (κ2) is 7.53. The van der Waals surface area contributed by atoms with Crippen LogP contribution in [0.15, 0.2) is 53.1 Å². The third kappa shape index (κ3) is 3.88. The Labute approximate surface area is 163 Å². The minimum Gasteiger partial charge on any atom is -0.339 e. The largest absolute Gasteiger partial charge is 0.339 e. The first kappa shape index (κ1) is 17.7. The lowest BCUT2D eigenvalue weighted by Gasteiger charge is -2.31. The number of amides is 1. The number of halogens is 1. The van der Waals surface area contributed by atoms with Crippen LogP contribution in [0.2, 0.25) is 5.02 Å². The molecule has 2 aromatic carbocycles. The molecule has 4 rings (SSSR count). The predicted molar refractivity (Wildman–Crippen MR) is 104 cm³/mol. The third-order valence-electron chi connectivity index (χ3n) is 4.85. The van der Waals surface area contributed by atoms with E-state index in [2.05, 4.69) is 10.1 Å². The van der Waals surface area contributed by atoms with Gasteiger partial charge in [-0.3, -0.25) is 4.79 Å². The summed E-state index contributed by atoms with van der Waals surface area (Å²) in [6, 6.07) is 15.1. The van der Waals surface area contributed by atoms with Crippen molar-refractivity contribution in [2.24, 2.45) is 0 Å². The summed E-state index contributed by atoms with van der Waals surface area (Å²) >= 11 is 6.02. The van der Waals surface area contributed by atoms with Crippen molar-refractivity contribution in [3.63, 3.8) is 0 Å². The molecule has 0 radical (unpaired) electrons. The van der Waals surface area contributed by atoms with E-state index in [1.54, 1.807) is 24.3 Å². The van der Waals surface area contributed by atoms with E-state index in [-0.39, 0.29) is 11.8 Å². The smallest absolute Gasteiger partial charge is 0.253 e. The fourth-order valence-electron chi connectivity index (χ4n) is 3.47. The Bertz CT molecular complexity index is 969. The summed E-state index contributed by atoms with van der Waals surface area (Å²) in [4.78, 5) is 19.2. The van der Waals surface area contributed by atoms with E-state index in [4.69, 9.17) is 16.1 Å². The van der Waals surface area contributed by atoms with Gasteiger partial charge in [0.25, 0.3) is 5.91 Å². The molecule has 1 fully saturated rings. The van der Waals surface area contributed by atoms with E-state index in [1.807, 2.05) is 36.1 Å². The van der Waals surface area contributed by atoms with E-state index < -0.39 is 0 Å². The van der Waals surface area contributed by atoms with Crippen LogP contribution in [-0.2, 0) is 0 Å². The summed E-state index contributed by atoms with van der Waals surface area (Å²) in [5, 5.41) is 4.70. The van der Waals surface area contributed by atoms with Gasteiger partial charge in [-0.25, -0.2) is 0 Å². The van der Waals surface area contributed by atoms with Gasteiger partial charge >= 0.3 is 0 Å². The number of hydrogen-bond donors (Lipinski definition) is 0. The fraction of sp³-hybridized carbons (Fsp3) is 0.286. The normalized spacial score (nSPS) is 17.1. The van der Waals surface area contributed by atoms with Crippen molar-refractivity contribution in [1.82, 2.24) is 15.0 Å². The molecule has 1 unspecified atom stereocenters. The maximum absolute atomic E-state index is 12.8. The highest BCUT2D eigenvalue weighted by molar-refractivity contribution is 6.30. The Hall–Kier alpha value is -2.66. The van der Waals surface area contributed by atoms with Gasteiger partial charge < -0.3 is 9.42 Å². The number of carbonyl (C=O) groups is 1. The monoisotopic (exact) mass is 381 g/mol. The van der Waals surface area contributed by atoms with Crippen LogP contribution in [0.4, 0.5) is 0 Å². The van der Waals surface area contributed by atoms with Crippen LogP contribution in [0.3, 0.4) is 0 Å². The van der Waals surface area contributed by atoms with E-state index in [9.17, 15) is 4.79 Å². The molecule has 0 spiro atoms. The minimum atomic E-state index is -0.0133. The summed E-state index contributed by atoms with van der Waals surface area (Å²) < 4.78 is 5.53. The first-order valence-electron chi connectivity index (χ1n) is 9.05. The number of nitrogens with zero attached hydrogens (tertiary/aromatic N) is 3. The zero-order valence-electron chi connectivity index (χ0n) is 15.1. The second-order valence-electron chi connectivity index (χ2n) is 6.93. The highest BCUT2D eigenvalue weighted by atomic mass is 35.5. The van der Waals surface area contributed by atoms with Gasteiger partial charge in [0.2, 0.25) is 11.7 Å². The van der Waals surface area contributed by atoms with Crippen molar-refractivity contribution in [3.05, 3.63) is 70.6 Å². The second-order valence-corrected chi connectivity index (χ2v) is 7.36. The molecule has 0 N–H and O–H groups in total. The average Bonchev–Trinajstić information content (AvgIpc) is 3.18. The molecule has 1 saturated heterocycles. The standard InChI is InChI=1S/C21H20ClN3O2/c1-14-5-2-6-15(11-14)19-23-20(27-24-19)17-8-4-10-25(13-17)21(26)16-7-3-9-18(22)12-16/h2-3,5-7,9,11-12,17H,4,8,10,13H2,1H3. The van der Waals surface area contributed by atoms with Crippen molar-refractivity contribution in [1.29, 1.82) is 0 Å². The predicted octanol–water partition coefficient (Wildman–Crippen LogP) is 4.72. The van der Waals surface area contributed by atoms with E-state index >= 15 is 0 Å². The van der Waals surface area contributed by atoms with E-state index in [0.717, 1.165) is 30.5 Å². The number of benzene rings is 2. The molecule has 1 aliphatic rings. The van der Waals surface area contributed by atoms with Crippen molar-refractivity contribution < 1.29 is 9.32 Å². The lowest BCUT2D eigenvalue weighted by atomic mass is 9.97. The molecule has 138 valence electrons. The Kier molecular flexibility index (Phi) is 4.94. The Morgan fingerprint density at radius 1 is 1.22 bits per heavy atom. The van der Waals surface area contributed by atoms with Gasteiger partial charge in [0.1, 0.15) is 0 Å². The molecule has 0 saturated carbocycles. The average molecular weight is 382 g/mol. The van der Waals surface area contributed by atoms with Crippen molar-refractivity contribution in [2.75, 3.05) is 13.1 Å².